The Morgan fingerprint density at radius 3 is 1.81 bits per heavy atom. The summed E-state index contributed by atoms with van der Waals surface area (Å²) in [6.45, 7) is 6.36. The van der Waals surface area contributed by atoms with E-state index in [-0.39, 0.29) is 45.9 Å². The Labute approximate surface area is 181 Å². The molecule has 0 aromatic heterocycles. The van der Waals surface area contributed by atoms with Crippen LogP contribution in [0.25, 0.3) is 12.2 Å². The molecule has 0 bridgehead atoms. The molecule has 1 N–H and O–H groups in total. The molecular formula is C22H25O3Y+2. The van der Waals surface area contributed by atoms with Crippen molar-refractivity contribution in [3.63, 3.8) is 0 Å². The van der Waals surface area contributed by atoms with Crippen molar-refractivity contribution in [1.82, 2.24) is 0 Å². The zero-order valence-electron chi connectivity index (χ0n) is 15.6. The summed E-state index contributed by atoms with van der Waals surface area (Å²) in [7, 11) is 0. The summed E-state index contributed by atoms with van der Waals surface area (Å²) in [5, 5.41) is 10.0. The molecule has 0 saturated heterocycles. The zero-order valence-corrected chi connectivity index (χ0v) is 18.4. The van der Waals surface area contributed by atoms with E-state index in [1.807, 2.05) is 61.5 Å². The van der Waals surface area contributed by atoms with Crippen LogP contribution in [0.4, 0.5) is 0 Å². The van der Waals surface area contributed by atoms with E-state index >= 15 is 0 Å². The number of ether oxygens (including phenoxy) is 2. The van der Waals surface area contributed by atoms with Crippen LogP contribution in [-0.4, -0.2) is 24.4 Å². The van der Waals surface area contributed by atoms with Gasteiger partial charge in [0.05, 0.1) is 0 Å². The van der Waals surface area contributed by atoms with Gasteiger partial charge in [0, 0.05) is 0 Å². The number of aliphatic hydroxyl groups is 1. The van der Waals surface area contributed by atoms with E-state index in [1.54, 1.807) is 0 Å². The quantitative estimate of drug-likeness (QED) is 0.619. The Morgan fingerprint density at radius 2 is 1.38 bits per heavy atom. The van der Waals surface area contributed by atoms with Crippen LogP contribution in [0.1, 0.15) is 31.9 Å². The van der Waals surface area contributed by atoms with Gasteiger partial charge in [0.1, 0.15) is 30.8 Å². The first-order valence-electron chi connectivity index (χ1n) is 8.36. The third-order valence-electron chi connectivity index (χ3n) is 3.41. The van der Waals surface area contributed by atoms with Gasteiger partial charge in [-0.05, 0) is 43.7 Å². The first kappa shape index (κ1) is 22.6. The van der Waals surface area contributed by atoms with Crippen molar-refractivity contribution < 1.29 is 47.3 Å². The fourth-order valence-corrected chi connectivity index (χ4v) is 2.25. The number of aliphatic hydroxyl groups excluding tert-OH is 1. The zero-order chi connectivity index (χ0) is 18.1. The van der Waals surface area contributed by atoms with Gasteiger partial charge in [-0.3, -0.25) is 6.08 Å². The maximum atomic E-state index is 10.0. The number of rotatable bonds is 8. The average molecular weight is 426 g/mol. The maximum absolute atomic E-state index is 10.0. The Morgan fingerprint density at radius 1 is 0.923 bits per heavy atom. The summed E-state index contributed by atoms with van der Waals surface area (Å²) in [6, 6.07) is 15.4. The smallest absolute Gasteiger partial charge is 0.491 e. The molecule has 2 aromatic carbocycles. The van der Waals surface area contributed by atoms with Crippen LogP contribution >= 0.6 is 0 Å². The molecule has 2 aromatic rings. The Bertz CT molecular complexity index is 699. The second kappa shape index (κ2) is 12.1. The van der Waals surface area contributed by atoms with Crippen molar-refractivity contribution in [3.8, 4) is 11.5 Å². The first-order valence-corrected chi connectivity index (χ1v) is 8.36. The Balaban J connectivity index is 0.00000338. The van der Waals surface area contributed by atoms with Gasteiger partial charge in [0.15, 0.2) is 0 Å². The Hall–Kier alpha value is -1.42. The van der Waals surface area contributed by atoms with E-state index < -0.39 is 6.10 Å². The molecule has 1 unspecified atom stereocenters. The molecule has 0 heterocycles. The van der Waals surface area contributed by atoms with Gasteiger partial charge in [-0.15, -0.1) is 19.1 Å². The van der Waals surface area contributed by atoms with Gasteiger partial charge in [-0.25, -0.2) is 6.08 Å². The predicted molar refractivity (Wildman–Crippen MR) is 103 cm³/mol. The molecule has 0 aliphatic carbocycles. The van der Waals surface area contributed by atoms with Crippen molar-refractivity contribution in [2.45, 2.75) is 26.9 Å². The molecule has 0 fully saturated rings. The SMILES string of the molecule is C[C-]=Cc1ccc(OCC(O)COc2ccc(C=C(C)C)cc2)cc1.[Y+3]. The second-order valence-electron chi connectivity index (χ2n) is 6.07. The van der Waals surface area contributed by atoms with E-state index in [0.29, 0.717) is 0 Å². The minimum atomic E-state index is -0.694. The van der Waals surface area contributed by atoms with Crippen LogP contribution in [-0.2, 0) is 32.7 Å². The summed E-state index contributed by atoms with van der Waals surface area (Å²) in [4.78, 5) is 0. The summed E-state index contributed by atoms with van der Waals surface area (Å²) < 4.78 is 11.2. The molecule has 4 heteroatoms. The molecule has 0 spiro atoms. The van der Waals surface area contributed by atoms with Crippen LogP contribution in [0.3, 0.4) is 0 Å². The van der Waals surface area contributed by atoms with E-state index in [9.17, 15) is 5.11 Å². The maximum Gasteiger partial charge on any atom is 3.00 e. The van der Waals surface area contributed by atoms with Crippen molar-refractivity contribution >= 4 is 12.2 Å². The molecule has 0 saturated carbocycles. The normalized spacial score (nSPS) is 11.5. The second-order valence-corrected chi connectivity index (χ2v) is 6.07. The molecular weight excluding hydrogens is 401 g/mol. The first-order chi connectivity index (χ1) is 12.1. The van der Waals surface area contributed by atoms with Gasteiger partial charge in [-0.1, -0.05) is 23.8 Å². The molecule has 1 atom stereocenters. The van der Waals surface area contributed by atoms with Crippen LogP contribution in [0, 0.1) is 6.08 Å². The van der Waals surface area contributed by atoms with E-state index in [4.69, 9.17) is 9.47 Å². The van der Waals surface area contributed by atoms with Crippen molar-refractivity contribution in [2.75, 3.05) is 13.2 Å². The van der Waals surface area contributed by atoms with Gasteiger partial charge < -0.3 is 14.6 Å². The predicted octanol–water partition coefficient (Wildman–Crippen LogP) is 4.76. The summed E-state index contributed by atoms with van der Waals surface area (Å²) in [6.07, 6.45) is 6.28. The molecule has 0 radical (unpaired) electrons. The fourth-order valence-electron chi connectivity index (χ4n) is 2.25. The molecule has 3 nitrogen and oxygen atoms in total. The molecule has 0 aliphatic rings. The van der Waals surface area contributed by atoms with Gasteiger partial charge >= 0.3 is 32.7 Å². The van der Waals surface area contributed by atoms with Crippen LogP contribution < -0.4 is 9.47 Å². The molecule has 132 valence electrons. The summed E-state index contributed by atoms with van der Waals surface area (Å²) in [5.74, 6) is 1.45. The van der Waals surface area contributed by atoms with Crippen molar-refractivity contribution in [3.05, 3.63) is 71.3 Å². The van der Waals surface area contributed by atoms with Crippen molar-refractivity contribution in [2.24, 2.45) is 0 Å². The van der Waals surface area contributed by atoms with E-state index in [2.05, 4.69) is 26.0 Å². The average Bonchev–Trinajstić information content (AvgIpc) is 2.60. The van der Waals surface area contributed by atoms with Crippen LogP contribution in [0.5, 0.6) is 11.5 Å². The number of benzene rings is 2. The topological polar surface area (TPSA) is 38.7 Å². The standard InChI is InChI=1S/C22H25O3.Y/c1-4-5-18-6-10-21(11-7-18)24-15-20(23)16-25-22-12-8-19(9-13-22)14-17(2)3;/h5-14,20,23H,15-16H2,1-3H3;/q-1;+3. The number of hydrogen-bond donors (Lipinski definition) is 1. The third-order valence-corrected chi connectivity index (χ3v) is 3.41. The monoisotopic (exact) mass is 426 g/mol. The molecule has 0 aliphatic heterocycles. The largest absolute Gasteiger partial charge is 3.00 e. The third kappa shape index (κ3) is 8.31. The molecule has 0 amide bonds. The minimum absolute atomic E-state index is 0. The number of allylic oxidation sites excluding steroid dienone is 2. The summed E-state index contributed by atoms with van der Waals surface area (Å²) >= 11 is 0. The van der Waals surface area contributed by atoms with Crippen LogP contribution in [0.2, 0.25) is 0 Å². The van der Waals surface area contributed by atoms with Gasteiger partial charge in [0.2, 0.25) is 0 Å². The van der Waals surface area contributed by atoms with Crippen molar-refractivity contribution in [1.29, 1.82) is 0 Å². The minimum Gasteiger partial charge on any atom is -0.491 e. The summed E-state index contributed by atoms with van der Waals surface area (Å²) in [5.41, 5.74) is 3.45. The fraction of sp³-hybridized carbons (Fsp3) is 0.273. The van der Waals surface area contributed by atoms with Gasteiger partial charge in [-0.2, -0.15) is 5.56 Å². The van der Waals surface area contributed by atoms with Crippen LogP contribution in [0.15, 0.2) is 54.1 Å². The molecule has 26 heavy (non-hydrogen) atoms. The van der Waals surface area contributed by atoms with E-state index in [1.165, 1.54) is 5.57 Å². The molecule has 2 rings (SSSR count). The van der Waals surface area contributed by atoms with E-state index in [0.717, 1.165) is 22.6 Å². The van der Waals surface area contributed by atoms with Gasteiger partial charge in [0.25, 0.3) is 0 Å². The number of hydrogen-bond acceptors (Lipinski definition) is 3. The Kier molecular flexibility index (Phi) is 10.5.